The van der Waals surface area contributed by atoms with Crippen LogP contribution in [0.15, 0.2) is 58.1 Å². The summed E-state index contributed by atoms with van der Waals surface area (Å²) >= 11 is 6.03. The molecule has 4 rings (SSSR count). The van der Waals surface area contributed by atoms with E-state index in [0.29, 0.717) is 10.7 Å². The minimum atomic E-state index is -0.520. The van der Waals surface area contributed by atoms with Crippen LogP contribution in [0.25, 0.3) is 16.0 Å². The number of halogens is 1. The molecular weight excluding hydrogens is 458 g/mol. The van der Waals surface area contributed by atoms with E-state index in [9.17, 15) is 14.7 Å². The Bertz CT molecular complexity index is 1500. The van der Waals surface area contributed by atoms with E-state index in [4.69, 9.17) is 22.9 Å². The second kappa shape index (κ2) is 9.95. The number of benzene rings is 2. The van der Waals surface area contributed by atoms with Gasteiger partial charge in [0.05, 0.1) is 13.1 Å². The van der Waals surface area contributed by atoms with Crippen LogP contribution in [-0.2, 0) is 19.6 Å². The van der Waals surface area contributed by atoms with Gasteiger partial charge in [-0.2, -0.15) is 4.98 Å². The topological polar surface area (TPSA) is 95.6 Å². The quantitative estimate of drug-likeness (QED) is 0.388. The van der Waals surface area contributed by atoms with Gasteiger partial charge in [0.15, 0.2) is 11.2 Å². The first-order valence-electron chi connectivity index (χ1n) is 10.7. The smallest absolute Gasteiger partial charge is 0.332 e. The van der Waals surface area contributed by atoms with E-state index >= 15 is 0 Å². The Kier molecular flexibility index (Phi) is 6.82. The van der Waals surface area contributed by atoms with Crippen molar-refractivity contribution < 1.29 is 9.84 Å². The van der Waals surface area contributed by atoms with Crippen LogP contribution in [0.5, 0.6) is 11.8 Å². The lowest BCUT2D eigenvalue weighted by Gasteiger charge is -2.12. The fourth-order valence-corrected chi connectivity index (χ4v) is 3.84. The summed E-state index contributed by atoms with van der Waals surface area (Å²) in [5.74, 6) is 0.288. The zero-order chi connectivity index (χ0) is 24.2. The summed E-state index contributed by atoms with van der Waals surface area (Å²) in [6, 6.07) is 13.9. The number of hydrogen-bond acceptors (Lipinski definition) is 5. The average Bonchev–Trinajstić information content (AvgIpc) is 3.18. The molecule has 174 valence electrons. The highest BCUT2D eigenvalue weighted by Crippen LogP contribution is 2.32. The van der Waals surface area contributed by atoms with Crippen LogP contribution >= 0.6 is 11.6 Å². The molecule has 2 aromatic heterocycles. The Labute approximate surface area is 199 Å². The van der Waals surface area contributed by atoms with Gasteiger partial charge in [0.2, 0.25) is 5.69 Å². The van der Waals surface area contributed by atoms with Gasteiger partial charge in [0.1, 0.15) is 5.75 Å². The number of para-hydroxylation sites is 2. The highest BCUT2D eigenvalue weighted by Gasteiger charge is 2.23. The van der Waals surface area contributed by atoms with Crippen molar-refractivity contribution in [3.05, 3.63) is 91.4 Å². The van der Waals surface area contributed by atoms with Crippen molar-refractivity contribution in [2.75, 3.05) is 6.61 Å². The average molecular weight is 480 g/mol. The van der Waals surface area contributed by atoms with E-state index in [-0.39, 0.29) is 55.6 Å². The van der Waals surface area contributed by atoms with E-state index < -0.39 is 11.2 Å². The van der Waals surface area contributed by atoms with Crippen molar-refractivity contribution in [2.24, 2.45) is 0 Å². The summed E-state index contributed by atoms with van der Waals surface area (Å²) in [6.45, 7) is 9.63. The molecule has 2 aromatic carbocycles. The van der Waals surface area contributed by atoms with Gasteiger partial charge in [-0.3, -0.25) is 18.5 Å². The van der Waals surface area contributed by atoms with Gasteiger partial charge in [0, 0.05) is 24.7 Å². The summed E-state index contributed by atoms with van der Waals surface area (Å²) in [5, 5.41) is 9.82. The Morgan fingerprint density at radius 1 is 1.09 bits per heavy atom. The van der Waals surface area contributed by atoms with Gasteiger partial charge >= 0.3 is 11.7 Å². The second-order valence-corrected chi connectivity index (χ2v) is 7.96. The zero-order valence-corrected chi connectivity index (χ0v) is 19.2. The van der Waals surface area contributed by atoms with Crippen LogP contribution in [0.2, 0.25) is 5.02 Å². The van der Waals surface area contributed by atoms with E-state index in [0.717, 1.165) is 10.1 Å². The van der Waals surface area contributed by atoms with Crippen molar-refractivity contribution in [3.8, 4) is 11.8 Å². The Balaban J connectivity index is 1.98. The van der Waals surface area contributed by atoms with Crippen molar-refractivity contribution in [1.82, 2.24) is 18.7 Å². The van der Waals surface area contributed by atoms with Crippen molar-refractivity contribution >= 4 is 28.5 Å². The monoisotopic (exact) mass is 479 g/mol. The van der Waals surface area contributed by atoms with E-state index in [1.807, 2.05) is 12.1 Å². The van der Waals surface area contributed by atoms with Gasteiger partial charge in [-0.15, -0.1) is 0 Å². The van der Waals surface area contributed by atoms with Gasteiger partial charge in [-0.25, -0.2) is 9.64 Å². The summed E-state index contributed by atoms with van der Waals surface area (Å²) in [5.41, 5.74) is 0.501. The molecule has 2 heterocycles. The molecule has 0 spiro atoms. The lowest BCUT2D eigenvalue weighted by Crippen LogP contribution is -2.40. The molecule has 1 N–H and O–H groups in total. The minimum absolute atomic E-state index is 0.0764. The SMILES string of the molecule is [C-]#[N+]c1ccccc1Oc1nc2c(c(=O)n(CCCO)c(=O)n2CC)n1Cc1ccc(Cl)cc1. The van der Waals surface area contributed by atoms with Gasteiger partial charge in [-0.1, -0.05) is 41.9 Å². The van der Waals surface area contributed by atoms with Gasteiger partial charge in [-0.05, 0) is 37.1 Å². The number of nitrogens with zero attached hydrogens (tertiary/aromatic N) is 5. The lowest BCUT2D eigenvalue weighted by atomic mass is 10.2. The molecule has 9 nitrogen and oxygen atoms in total. The highest BCUT2D eigenvalue weighted by molar-refractivity contribution is 6.30. The number of aliphatic hydroxyl groups excluding tert-OH is 1. The molecule has 0 radical (unpaired) electrons. The summed E-state index contributed by atoms with van der Waals surface area (Å²) < 4.78 is 10.1. The molecule has 0 amide bonds. The lowest BCUT2D eigenvalue weighted by molar-refractivity contribution is 0.277. The van der Waals surface area contributed by atoms with Crippen molar-refractivity contribution in [2.45, 2.75) is 33.0 Å². The summed E-state index contributed by atoms with van der Waals surface area (Å²) in [6.07, 6.45) is 0.261. The molecule has 0 aliphatic carbocycles. The molecule has 0 atom stereocenters. The van der Waals surface area contributed by atoms with Crippen LogP contribution in [0.3, 0.4) is 0 Å². The van der Waals surface area contributed by atoms with Crippen LogP contribution in [0.4, 0.5) is 5.69 Å². The van der Waals surface area contributed by atoms with E-state index in [1.165, 1.54) is 4.57 Å². The predicted molar refractivity (Wildman–Crippen MR) is 129 cm³/mol. The fourth-order valence-electron chi connectivity index (χ4n) is 3.71. The number of imidazole rings is 1. The number of rotatable bonds is 8. The summed E-state index contributed by atoms with van der Waals surface area (Å²) in [4.78, 5) is 34.5. The fraction of sp³-hybridized carbons (Fsp3) is 0.250. The number of fused-ring (bicyclic) bond motifs is 1. The van der Waals surface area contributed by atoms with Crippen LogP contribution in [0.1, 0.15) is 18.9 Å². The number of aromatic nitrogens is 4. The molecule has 0 saturated heterocycles. The second-order valence-electron chi connectivity index (χ2n) is 7.52. The third-order valence-corrected chi connectivity index (χ3v) is 5.63. The number of ether oxygens (including phenoxy) is 1. The zero-order valence-electron chi connectivity index (χ0n) is 18.4. The molecule has 0 fully saturated rings. The van der Waals surface area contributed by atoms with E-state index in [1.54, 1.807) is 47.9 Å². The minimum Gasteiger partial charge on any atom is -0.437 e. The first kappa shape index (κ1) is 23.3. The Morgan fingerprint density at radius 3 is 2.50 bits per heavy atom. The predicted octanol–water partition coefficient (Wildman–Crippen LogP) is 3.81. The molecule has 0 bridgehead atoms. The molecule has 4 aromatic rings. The van der Waals surface area contributed by atoms with Crippen LogP contribution < -0.4 is 16.0 Å². The number of hydrogen-bond donors (Lipinski definition) is 1. The van der Waals surface area contributed by atoms with Crippen molar-refractivity contribution in [1.29, 1.82) is 0 Å². The third-order valence-electron chi connectivity index (χ3n) is 5.38. The van der Waals surface area contributed by atoms with Gasteiger partial charge < -0.3 is 9.84 Å². The van der Waals surface area contributed by atoms with Crippen molar-refractivity contribution in [3.63, 3.8) is 0 Å². The maximum atomic E-state index is 13.5. The van der Waals surface area contributed by atoms with Crippen LogP contribution in [-0.4, -0.2) is 30.4 Å². The normalized spacial score (nSPS) is 11.0. The Hall–Kier alpha value is -3.87. The highest BCUT2D eigenvalue weighted by atomic mass is 35.5. The maximum absolute atomic E-state index is 13.5. The molecular formula is C24H22ClN5O4. The number of aliphatic hydroxyl groups is 1. The standard InChI is InChI=1S/C24H22ClN5O4/c1-3-28-21-20(22(32)29(24(28)33)13-6-14-31)30(15-16-9-11-17(25)12-10-16)23(27-21)34-19-8-5-4-7-18(19)26-2/h4-5,7-12,31H,3,6,13-15H2,1H3. The van der Waals surface area contributed by atoms with Gasteiger partial charge in [0.25, 0.3) is 5.56 Å². The van der Waals surface area contributed by atoms with Crippen LogP contribution in [0, 0.1) is 6.57 Å². The summed E-state index contributed by atoms with van der Waals surface area (Å²) in [7, 11) is 0. The Morgan fingerprint density at radius 2 is 1.82 bits per heavy atom. The third kappa shape index (κ3) is 4.33. The van der Waals surface area contributed by atoms with E-state index in [2.05, 4.69) is 9.83 Å². The largest absolute Gasteiger partial charge is 0.437 e. The first-order valence-corrected chi connectivity index (χ1v) is 11.1. The molecule has 34 heavy (non-hydrogen) atoms. The molecule has 0 unspecified atom stereocenters. The molecule has 0 aliphatic rings. The number of aryl methyl sites for hydroxylation is 1. The molecule has 0 aliphatic heterocycles. The molecule has 10 heteroatoms. The molecule has 0 saturated carbocycles. The maximum Gasteiger partial charge on any atom is 0.332 e. The first-order chi connectivity index (χ1) is 16.5.